The summed E-state index contributed by atoms with van der Waals surface area (Å²) in [4.78, 5) is 20.1. The van der Waals surface area contributed by atoms with E-state index < -0.39 is 9.84 Å². The third-order valence-electron chi connectivity index (χ3n) is 4.37. The van der Waals surface area contributed by atoms with Gasteiger partial charge < -0.3 is 9.80 Å². The Bertz CT molecular complexity index is 619. The number of hydrogen-bond acceptors (Lipinski definition) is 5. The molecule has 2 heterocycles. The maximum Gasteiger partial charge on any atom is 0.223 e. The van der Waals surface area contributed by atoms with Crippen LogP contribution in [0.15, 0.2) is 24.4 Å². The van der Waals surface area contributed by atoms with Crippen LogP contribution in [-0.4, -0.2) is 73.8 Å². The van der Waals surface area contributed by atoms with Gasteiger partial charge in [-0.1, -0.05) is 6.07 Å². The molecule has 2 rings (SSSR count). The second-order valence-corrected chi connectivity index (χ2v) is 8.40. The van der Waals surface area contributed by atoms with Crippen LogP contribution in [-0.2, 0) is 21.1 Å². The van der Waals surface area contributed by atoms with Crippen LogP contribution in [0.25, 0.3) is 0 Å². The molecular formula is C16H25N3O3S. The lowest BCUT2D eigenvalue weighted by atomic mass is 10.2. The minimum atomic E-state index is -2.88. The summed E-state index contributed by atoms with van der Waals surface area (Å²) in [6.07, 6.45) is 3.57. The Kier molecular flexibility index (Phi) is 6.12. The normalized spacial score (nSPS) is 19.9. The third kappa shape index (κ3) is 5.58. The van der Waals surface area contributed by atoms with Crippen LogP contribution in [0.5, 0.6) is 0 Å². The largest absolute Gasteiger partial charge is 0.345 e. The highest BCUT2D eigenvalue weighted by atomic mass is 32.2. The van der Waals surface area contributed by atoms with Gasteiger partial charge in [-0.15, -0.1) is 0 Å². The number of hydrogen-bond donors (Lipinski definition) is 0. The molecule has 0 spiro atoms. The molecule has 1 aromatic heterocycles. The van der Waals surface area contributed by atoms with Gasteiger partial charge in [0.05, 0.1) is 11.5 Å². The molecule has 1 atom stereocenters. The number of carbonyl (C=O) groups excluding carboxylic acids is 1. The van der Waals surface area contributed by atoms with Crippen molar-refractivity contribution < 1.29 is 13.2 Å². The Morgan fingerprint density at radius 3 is 2.70 bits per heavy atom. The van der Waals surface area contributed by atoms with E-state index in [4.69, 9.17) is 0 Å². The molecule has 1 aliphatic rings. The summed E-state index contributed by atoms with van der Waals surface area (Å²) in [5.74, 6) is 0.557. The molecular weight excluding hydrogens is 314 g/mol. The fraction of sp³-hybridized carbons (Fsp3) is 0.625. The molecule has 1 saturated heterocycles. The monoisotopic (exact) mass is 339 g/mol. The lowest BCUT2D eigenvalue weighted by molar-refractivity contribution is -0.130. The van der Waals surface area contributed by atoms with Gasteiger partial charge in [-0.2, -0.15) is 0 Å². The molecule has 0 bridgehead atoms. The van der Waals surface area contributed by atoms with E-state index in [1.807, 2.05) is 30.1 Å². The van der Waals surface area contributed by atoms with E-state index in [0.717, 1.165) is 12.1 Å². The highest BCUT2D eigenvalue weighted by molar-refractivity contribution is 7.91. The van der Waals surface area contributed by atoms with Crippen molar-refractivity contribution in [1.29, 1.82) is 0 Å². The standard InChI is InChI=1S/C16H25N3O3S/c1-18(15-8-12-23(21,22)13-15)11-7-16(20)19(2)10-6-14-5-3-4-9-17-14/h3-5,9,15H,6-8,10-13H2,1-2H3/t15-/m1/s1. The summed E-state index contributed by atoms with van der Waals surface area (Å²) in [6, 6.07) is 5.81. The van der Waals surface area contributed by atoms with Crippen LogP contribution in [0.3, 0.4) is 0 Å². The van der Waals surface area contributed by atoms with Crippen molar-refractivity contribution in [1.82, 2.24) is 14.8 Å². The molecule has 1 aliphatic heterocycles. The quantitative estimate of drug-likeness (QED) is 0.727. The Hall–Kier alpha value is -1.47. The van der Waals surface area contributed by atoms with Crippen LogP contribution >= 0.6 is 0 Å². The Morgan fingerprint density at radius 1 is 1.30 bits per heavy atom. The zero-order chi connectivity index (χ0) is 16.9. The number of nitrogens with zero attached hydrogens (tertiary/aromatic N) is 3. The van der Waals surface area contributed by atoms with Crippen molar-refractivity contribution in [2.45, 2.75) is 25.3 Å². The molecule has 0 radical (unpaired) electrons. The van der Waals surface area contributed by atoms with Crippen molar-refractivity contribution in [3.8, 4) is 0 Å². The number of amides is 1. The number of pyridine rings is 1. The maximum absolute atomic E-state index is 12.2. The average Bonchev–Trinajstić information content (AvgIpc) is 2.91. The fourth-order valence-corrected chi connectivity index (χ4v) is 4.53. The van der Waals surface area contributed by atoms with Gasteiger partial charge in [0.1, 0.15) is 0 Å². The number of aromatic nitrogens is 1. The van der Waals surface area contributed by atoms with Crippen LogP contribution in [0.1, 0.15) is 18.5 Å². The van der Waals surface area contributed by atoms with Crippen LogP contribution in [0.2, 0.25) is 0 Å². The predicted molar refractivity (Wildman–Crippen MR) is 89.9 cm³/mol. The number of rotatable bonds is 7. The second kappa shape index (κ2) is 7.88. The zero-order valence-electron chi connectivity index (χ0n) is 13.8. The molecule has 1 amide bonds. The van der Waals surface area contributed by atoms with Crippen LogP contribution in [0.4, 0.5) is 0 Å². The Morgan fingerprint density at radius 2 is 2.09 bits per heavy atom. The maximum atomic E-state index is 12.2. The van der Waals surface area contributed by atoms with Crippen LogP contribution < -0.4 is 0 Å². The number of carbonyl (C=O) groups is 1. The van der Waals surface area contributed by atoms with Gasteiger partial charge >= 0.3 is 0 Å². The first-order valence-electron chi connectivity index (χ1n) is 7.92. The summed E-state index contributed by atoms with van der Waals surface area (Å²) in [6.45, 7) is 1.23. The smallest absolute Gasteiger partial charge is 0.223 e. The summed E-state index contributed by atoms with van der Waals surface area (Å²) in [5.41, 5.74) is 0.973. The summed E-state index contributed by atoms with van der Waals surface area (Å²) in [7, 11) is 0.814. The Balaban J connectivity index is 1.71. The molecule has 1 aromatic rings. The summed E-state index contributed by atoms with van der Waals surface area (Å²) < 4.78 is 23.0. The first-order valence-corrected chi connectivity index (χ1v) is 9.74. The molecule has 0 aliphatic carbocycles. The number of sulfone groups is 1. The van der Waals surface area contributed by atoms with Gasteiger partial charge in [-0.05, 0) is 25.6 Å². The first kappa shape index (κ1) is 17.9. The van der Waals surface area contributed by atoms with Crippen molar-refractivity contribution >= 4 is 15.7 Å². The van der Waals surface area contributed by atoms with E-state index in [-0.39, 0.29) is 23.5 Å². The number of likely N-dealkylation sites (N-methyl/N-ethyl adjacent to an activating group) is 1. The molecule has 1 fully saturated rings. The highest BCUT2D eigenvalue weighted by Crippen LogP contribution is 2.16. The molecule has 0 N–H and O–H groups in total. The van der Waals surface area contributed by atoms with Crippen molar-refractivity contribution in [3.63, 3.8) is 0 Å². The average molecular weight is 339 g/mol. The summed E-state index contributed by atoms with van der Waals surface area (Å²) in [5, 5.41) is 0. The van der Waals surface area contributed by atoms with Crippen molar-refractivity contribution in [2.75, 3.05) is 38.7 Å². The van der Waals surface area contributed by atoms with Gasteiger partial charge in [0, 0.05) is 50.9 Å². The molecule has 0 unspecified atom stereocenters. The SMILES string of the molecule is CN(CCc1ccccn1)C(=O)CCN(C)[C@@H]1CCS(=O)(=O)C1. The topological polar surface area (TPSA) is 70.6 Å². The van der Waals surface area contributed by atoms with Gasteiger partial charge in [0.25, 0.3) is 0 Å². The van der Waals surface area contributed by atoms with E-state index in [0.29, 0.717) is 25.9 Å². The van der Waals surface area contributed by atoms with E-state index >= 15 is 0 Å². The summed E-state index contributed by atoms with van der Waals surface area (Å²) >= 11 is 0. The predicted octanol–water partition coefficient (Wildman–Crippen LogP) is 0.592. The molecule has 0 aromatic carbocycles. The molecule has 6 nitrogen and oxygen atoms in total. The van der Waals surface area contributed by atoms with Gasteiger partial charge in [-0.3, -0.25) is 9.78 Å². The molecule has 128 valence electrons. The molecule has 23 heavy (non-hydrogen) atoms. The van der Waals surface area contributed by atoms with Gasteiger partial charge in [0.2, 0.25) is 5.91 Å². The highest BCUT2D eigenvalue weighted by Gasteiger charge is 2.30. The minimum Gasteiger partial charge on any atom is -0.345 e. The van der Waals surface area contributed by atoms with Gasteiger partial charge in [-0.25, -0.2) is 8.42 Å². The first-order chi connectivity index (χ1) is 10.9. The zero-order valence-corrected chi connectivity index (χ0v) is 14.6. The van der Waals surface area contributed by atoms with E-state index in [1.54, 1.807) is 18.1 Å². The van der Waals surface area contributed by atoms with Crippen LogP contribution in [0, 0.1) is 0 Å². The van der Waals surface area contributed by atoms with Crippen molar-refractivity contribution in [3.05, 3.63) is 30.1 Å². The lowest BCUT2D eigenvalue weighted by Crippen LogP contribution is -2.37. The van der Waals surface area contributed by atoms with Gasteiger partial charge in [0.15, 0.2) is 9.84 Å². The van der Waals surface area contributed by atoms with Crippen molar-refractivity contribution in [2.24, 2.45) is 0 Å². The van der Waals surface area contributed by atoms with E-state index in [2.05, 4.69) is 4.98 Å². The Labute approximate surface area is 138 Å². The van der Waals surface area contributed by atoms with E-state index in [9.17, 15) is 13.2 Å². The lowest BCUT2D eigenvalue weighted by Gasteiger charge is -2.24. The fourth-order valence-electron chi connectivity index (χ4n) is 2.72. The third-order valence-corrected chi connectivity index (χ3v) is 6.12. The minimum absolute atomic E-state index is 0.0478. The van der Waals surface area contributed by atoms with E-state index in [1.165, 1.54) is 0 Å². The molecule has 7 heteroatoms. The molecule has 0 saturated carbocycles. The second-order valence-electron chi connectivity index (χ2n) is 6.17.